The molecular weight excluding hydrogens is 218 g/mol. The smallest absolute Gasteiger partial charge is 0.341 e. The van der Waals surface area contributed by atoms with Crippen molar-refractivity contribution in [3.63, 3.8) is 0 Å². The summed E-state index contributed by atoms with van der Waals surface area (Å²) in [6.07, 6.45) is 0. The van der Waals surface area contributed by atoms with Crippen LogP contribution >= 0.6 is 0 Å². The normalized spacial score (nSPS) is 10.2. The Kier molecular flexibility index (Phi) is 3.09. The van der Waals surface area contributed by atoms with Crippen molar-refractivity contribution in [3.8, 4) is 0 Å². The predicted octanol–water partition coefficient (Wildman–Crippen LogP) is 2.03. The Morgan fingerprint density at radius 3 is 2.76 bits per heavy atom. The van der Waals surface area contributed by atoms with Crippen LogP contribution in [0.1, 0.15) is 21.6 Å². The Morgan fingerprint density at radius 1 is 1.41 bits per heavy atom. The Morgan fingerprint density at radius 2 is 2.12 bits per heavy atom. The fraction of sp³-hybridized carbons (Fsp3) is 0.167. The lowest BCUT2D eigenvalue weighted by Gasteiger charge is -2.04. The predicted molar refractivity (Wildman–Crippen MR) is 64.1 cm³/mol. The van der Waals surface area contributed by atoms with Crippen molar-refractivity contribution in [1.82, 2.24) is 10.2 Å². The fourth-order valence-electron chi connectivity index (χ4n) is 1.60. The van der Waals surface area contributed by atoms with E-state index in [9.17, 15) is 4.79 Å². The van der Waals surface area contributed by atoms with Gasteiger partial charge in [0.05, 0.1) is 0 Å². The third-order valence-electron chi connectivity index (χ3n) is 2.46. The highest BCUT2D eigenvalue weighted by Crippen LogP contribution is 2.16. The SMILES string of the molecule is Cc1[nH]nc(NCc2ccccc2)c1C(=O)O. The highest BCUT2D eigenvalue weighted by atomic mass is 16.4. The molecule has 5 nitrogen and oxygen atoms in total. The van der Waals surface area contributed by atoms with Gasteiger partial charge in [-0.1, -0.05) is 30.3 Å². The van der Waals surface area contributed by atoms with Gasteiger partial charge in [-0.25, -0.2) is 4.79 Å². The number of hydrogen-bond donors (Lipinski definition) is 3. The number of H-pyrrole nitrogens is 1. The van der Waals surface area contributed by atoms with Gasteiger partial charge in [-0.3, -0.25) is 5.10 Å². The van der Waals surface area contributed by atoms with Crippen LogP contribution < -0.4 is 5.32 Å². The first kappa shape index (κ1) is 11.2. The van der Waals surface area contributed by atoms with E-state index < -0.39 is 5.97 Å². The molecule has 1 aromatic heterocycles. The maximum absolute atomic E-state index is 11.0. The van der Waals surface area contributed by atoms with Gasteiger partial charge in [-0.15, -0.1) is 0 Å². The number of carbonyl (C=O) groups is 1. The number of aromatic nitrogens is 2. The summed E-state index contributed by atoms with van der Waals surface area (Å²) in [5, 5.41) is 18.6. The Bertz CT molecular complexity index is 520. The zero-order valence-corrected chi connectivity index (χ0v) is 9.40. The largest absolute Gasteiger partial charge is 0.477 e. The van der Waals surface area contributed by atoms with Crippen LogP contribution in [0, 0.1) is 6.92 Å². The van der Waals surface area contributed by atoms with Gasteiger partial charge in [-0.05, 0) is 12.5 Å². The standard InChI is InChI=1S/C12H13N3O2/c1-8-10(12(16)17)11(15-14-8)13-7-9-5-3-2-4-6-9/h2-6H,7H2,1H3,(H,16,17)(H2,13,14,15). The van der Waals surface area contributed by atoms with E-state index in [1.807, 2.05) is 30.3 Å². The molecule has 2 aromatic rings. The van der Waals surface area contributed by atoms with E-state index in [1.54, 1.807) is 6.92 Å². The summed E-state index contributed by atoms with van der Waals surface area (Å²) in [4.78, 5) is 11.0. The number of aryl methyl sites for hydroxylation is 1. The second-order valence-corrected chi connectivity index (χ2v) is 3.72. The Labute approximate surface area is 98.5 Å². The summed E-state index contributed by atoms with van der Waals surface area (Å²) in [5.41, 5.74) is 1.82. The molecular formula is C12H13N3O2. The number of benzene rings is 1. The molecule has 0 aliphatic rings. The number of rotatable bonds is 4. The summed E-state index contributed by atoms with van der Waals surface area (Å²) < 4.78 is 0. The minimum absolute atomic E-state index is 0.195. The summed E-state index contributed by atoms with van der Waals surface area (Å²) in [5.74, 6) is -0.606. The van der Waals surface area contributed by atoms with Crippen molar-refractivity contribution in [2.24, 2.45) is 0 Å². The van der Waals surface area contributed by atoms with Gasteiger partial charge >= 0.3 is 5.97 Å². The average Bonchev–Trinajstić information content (AvgIpc) is 2.69. The van der Waals surface area contributed by atoms with Crippen molar-refractivity contribution in [2.75, 3.05) is 5.32 Å². The molecule has 0 radical (unpaired) electrons. The molecule has 0 unspecified atom stereocenters. The fourth-order valence-corrected chi connectivity index (χ4v) is 1.60. The van der Waals surface area contributed by atoms with E-state index in [0.717, 1.165) is 5.56 Å². The highest BCUT2D eigenvalue weighted by Gasteiger charge is 2.16. The number of anilines is 1. The number of hydrogen-bond acceptors (Lipinski definition) is 3. The van der Waals surface area contributed by atoms with Crippen molar-refractivity contribution in [2.45, 2.75) is 13.5 Å². The van der Waals surface area contributed by atoms with E-state index >= 15 is 0 Å². The van der Waals surface area contributed by atoms with Crippen LogP contribution in [0.2, 0.25) is 0 Å². The first-order chi connectivity index (χ1) is 8.18. The zero-order chi connectivity index (χ0) is 12.3. The van der Waals surface area contributed by atoms with Crippen LogP contribution in [0.25, 0.3) is 0 Å². The van der Waals surface area contributed by atoms with Crippen LogP contribution in [-0.4, -0.2) is 21.3 Å². The molecule has 2 rings (SSSR count). The molecule has 3 N–H and O–H groups in total. The molecule has 0 saturated carbocycles. The van der Waals surface area contributed by atoms with Crippen molar-refractivity contribution < 1.29 is 9.90 Å². The first-order valence-electron chi connectivity index (χ1n) is 5.24. The molecule has 0 fully saturated rings. The molecule has 1 aromatic carbocycles. The van der Waals surface area contributed by atoms with E-state index in [1.165, 1.54) is 0 Å². The van der Waals surface area contributed by atoms with E-state index in [4.69, 9.17) is 5.11 Å². The van der Waals surface area contributed by atoms with Crippen molar-refractivity contribution in [3.05, 3.63) is 47.2 Å². The van der Waals surface area contributed by atoms with Crippen molar-refractivity contribution in [1.29, 1.82) is 0 Å². The van der Waals surface area contributed by atoms with Gasteiger partial charge in [0.2, 0.25) is 0 Å². The number of aromatic amines is 1. The molecule has 0 atom stereocenters. The van der Waals surface area contributed by atoms with E-state index in [2.05, 4.69) is 15.5 Å². The summed E-state index contributed by atoms with van der Waals surface area (Å²) in [6, 6.07) is 9.74. The number of carboxylic acids is 1. The molecule has 17 heavy (non-hydrogen) atoms. The van der Waals surface area contributed by atoms with Gasteiger partial charge in [0.15, 0.2) is 5.82 Å². The summed E-state index contributed by atoms with van der Waals surface area (Å²) in [6.45, 7) is 2.23. The lowest BCUT2D eigenvalue weighted by atomic mass is 10.2. The second kappa shape index (κ2) is 4.69. The Balaban J connectivity index is 2.12. The second-order valence-electron chi connectivity index (χ2n) is 3.72. The minimum atomic E-state index is -0.980. The lowest BCUT2D eigenvalue weighted by Crippen LogP contribution is -2.06. The molecule has 5 heteroatoms. The van der Waals surface area contributed by atoms with Gasteiger partial charge < -0.3 is 10.4 Å². The zero-order valence-electron chi connectivity index (χ0n) is 9.40. The van der Waals surface area contributed by atoms with Gasteiger partial charge in [0.25, 0.3) is 0 Å². The molecule has 0 aliphatic heterocycles. The van der Waals surface area contributed by atoms with Gasteiger partial charge in [0.1, 0.15) is 5.56 Å². The van der Waals surface area contributed by atoms with E-state index in [-0.39, 0.29) is 5.56 Å². The highest BCUT2D eigenvalue weighted by molar-refractivity contribution is 5.94. The summed E-state index contributed by atoms with van der Waals surface area (Å²) in [7, 11) is 0. The van der Waals surface area contributed by atoms with Crippen LogP contribution in [0.15, 0.2) is 30.3 Å². The molecule has 88 valence electrons. The molecule has 0 aliphatic carbocycles. The molecule has 0 spiro atoms. The van der Waals surface area contributed by atoms with E-state index in [0.29, 0.717) is 18.1 Å². The molecule has 0 saturated heterocycles. The number of nitrogens with one attached hydrogen (secondary N) is 2. The number of carboxylic acid groups (broad SMARTS) is 1. The molecule has 0 amide bonds. The molecule has 0 bridgehead atoms. The third-order valence-corrected chi connectivity index (χ3v) is 2.46. The quantitative estimate of drug-likeness (QED) is 0.752. The van der Waals surface area contributed by atoms with Crippen molar-refractivity contribution >= 4 is 11.8 Å². The molecule has 1 heterocycles. The topological polar surface area (TPSA) is 78.0 Å². The van der Waals surface area contributed by atoms with Crippen LogP contribution in [-0.2, 0) is 6.54 Å². The monoisotopic (exact) mass is 231 g/mol. The number of nitrogens with zero attached hydrogens (tertiary/aromatic N) is 1. The lowest BCUT2D eigenvalue weighted by molar-refractivity contribution is 0.0697. The number of aromatic carboxylic acids is 1. The minimum Gasteiger partial charge on any atom is -0.477 e. The maximum Gasteiger partial charge on any atom is 0.341 e. The van der Waals surface area contributed by atoms with Gasteiger partial charge in [0, 0.05) is 12.2 Å². The Hall–Kier alpha value is -2.30. The summed E-state index contributed by atoms with van der Waals surface area (Å²) >= 11 is 0. The first-order valence-corrected chi connectivity index (χ1v) is 5.24. The average molecular weight is 231 g/mol. The van der Waals surface area contributed by atoms with Crippen LogP contribution in [0.3, 0.4) is 0 Å². The van der Waals surface area contributed by atoms with Crippen LogP contribution in [0.5, 0.6) is 0 Å². The van der Waals surface area contributed by atoms with Gasteiger partial charge in [-0.2, -0.15) is 5.10 Å². The maximum atomic E-state index is 11.0. The third kappa shape index (κ3) is 2.44. The van der Waals surface area contributed by atoms with Crippen LogP contribution in [0.4, 0.5) is 5.82 Å².